The van der Waals surface area contributed by atoms with E-state index in [2.05, 4.69) is 9.97 Å². The van der Waals surface area contributed by atoms with E-state index in [-0.39, 0.29) is 11.6 Å². The highest BCUT2D eigenvalue weighted by Crippen LogP contribution is 2.34. The molecule has 1 aliphatic carbocycles. The van der Waals surface area contributed by atoms with E-state index in [1.165, 1.54) is 37.8 Å². The summed E-state index contributed by atoms with van der Waals surface area (Å²) in [6.45, 7) is -1.36. The Hall–Kier alpha value is -2.05. The van der Waals surface area contributed by atoms with Crippen molar-refractivity contribution in [2.24, 2.45) is 5.92 Å². The van der Waals surface area contributed by atoms with Crippen LogP contribution in [0.2, 0.25) is 0 Å². The van der Waals surface area contributed by atoms with Gasteiger partial charge in [-0.25, -0.2) is 9.97 Å². The standard InChI is InChI=1S/C18H21F3N2O2/c19-18(20,21)11-25-13-8-9-14-16(10-13)23-17(24)15(22-14)5-3-1-2-4-12-6-7-12/h8-10,12H,1-7,11H2,(H,23,24). The van der Waals surface area contributed by atoms with Crippen LogP contribution in [0.3, 0.4) is 0 Å². The van der Waals surface area contributed by atoms with Crippen molar-refractivity contribution in [3.8, 4) is 11.6 Å². The lowest BCUT2D eigenvalue weighted by molar-refractivity contribution is -0.153. The van der Waals surface area contributed by atoms with Crippen molar-refractivity contribution in [2.45, 2.75) is 51.1 Å². The first-order chi connectivity index (χ1) is 11.9. The number of benzene rings is 1. The highest BCUT2D eigenvalue weighted by molar-refractivity contribution is 5.76. The van der Waals surface area contributed by atoms with Gasteiger partial charge in [0.1, 0.15) is 11.4 Å². The Bertz CT molecular complexity index is 730. The molecule has 3 rings (SSSR count). The van der Waals surface area contributed by atoms with Crippen LogP contribution < -0.4 is 4.74 Å². The summed E-state index contributed by atoms with van der Waals surface area (Å²) in [5, 5.41) is 10.0. The summed E-state index contributed by atoms with van der Waals surface area (Å²) in [7, 11) is 0. The molecule has 1 aromatic carbocycles. The molecule has 7 heteroatoms. The van der Waals surface area contributed by atoms with Gasteiger partial charge in [0.25, 0.3) is 0 Å². The van der Waals surface area contributed by atoms with Gasteiger partial charge in [0.15, 0.2) is 6.61 Å². The summed E-state index contributed by atoms with van der Waals surface area (Å²) in [4.78, 5) is 8.43. The monoisotopic (exact) mass is 354 g/mol. The number of ether oxygens (including phenoxy) is 1. The summed E-state index contributed by atoms with van der Waals surface area (Å²) in [6.07, 6.45) is 3.50. The number of aromatic hydroxyl groups is 1. The molecule has 1 N–H and O–H groups in total. The van der Waals surface area contributed by atoms with Crippen LogP contribution in [0.25, 0.3) is 11.0 Å². The van der Waals surface area contributed by atoms with Crippen LogP contribution in [0.5, 0.6) is 11.6 Å². The summed E-state index contributed by atoms with van der Waals surface area (Å²) in [5.74, 6) is 0.816. The smallest absolute Gasteiger partial charge is 0.422 e. The normalized spacial score (nSPS) is 14.8. The Balaban J connectivity index is 1.60. The number of unbranched alkanes of at least 4 members (excludes halogenated alkanes) is 2. The molecule has 0 amide bonds. The Morgan fingerprint density at radius 1 is 1.08 bits per heavy atom. The molecule has 2 aromatic rings. The molecule has 1 aliphatic rings. The zero-order valence-electron chi connectivity index (χ0n) is 13.9. The molecule has 25 heavy (non-hydrogen) atoms. The van der Waals surface area contributed by atoms with Crippen LogP contribution in [0.1, 0.15) is 44.2 Å². The molecule has 0 unspecified atom stereocenters. The van der Waals surface area contributed by atoms with Crippen molar-refractivity contribution in [3.63, 3.8) is 0 Å². The molecule has 0 atom stereocenters. The average molecular weight is 354 g/mol. The van der Waals surface area contributed by atoms with E-state index in [1.54, 1.807) is 6.07 Å². The third kappa shape index (κ3) is 5.47. The maximum absolute atomic E-state index is 12.2. The Kier molecular flexibility index (Phi) is 5.30. The van der Waals surface area contributed by atoms with E-state index in [9.17, 15) is 18.3 Å². The second-order valence-electron chi connectivity index (χ2n) is 6.59. The number of aryl methyl sites for hydroxylation is 1. The van der Waals surface area contributed by atoms with Crippen LogP contribution >= 0.6 is 0 Å². The zero-order chi connectivity index (χ0) is 17.9. The van der Waals surface area contributed by atoms with E-state index >= 15 is 0 Å². The maximum Gasteiger partial charge on any atom is 0.422 e. The van der Waals surface area contributed by atoms with Gasteiger partial charge >= 0.3 is 6.18 Å². The molecule has 136 valence electrons. The first kappa shape index (κ1) is 17.8. The van der Waals surface area contributed by atoms with E-state index < -0.39 is 12.8 Å². The number of hydrogen-bond donors (Lipinski definition) is 1. The lowest BCUT2D eigenvalue weighted by atomic mass is 10.1. The fourth-order valence-electron chi connectivity index (χ4n) is 2.79. The molecule has 1 saturated carbocycles. The van der Waals surface area contributed by atoms with Gasteiger partial charge in [0.05, 0.1) is 11.0 Å². The van der Waals surface area contributed by atoms with E-state index in [0.29, 0.717) is 23.1 Å². The number of aromatic nitrogens is 2. The average Bonchev–Trinajstić information content (AvgIpc) is 3.36. The number of alkyl halides is 3. The summed E-state index contributed by atoms with van der Waals surface area (Å²) in [6, 6.07) is 4.34. The van der Waals surface area contributed by atoms with Crippen molar-refractivity contribution in [1.82, 2.24) is 9.97 Å². The summed E-state index contributed by atoms with van der Waals surface area (Å²) >= 11 is 0. The van der Waals surface area contributed by atoms with E-state index in [4.69, 9.17) is 4.74 Å². The van der Waals surface area contributed by atoms with Crippen molar-refractivity contribution in [1.29, 1.82) is 0 Å². The second-order valence-corrected chi connectivity index (χ2v) is 6.59. The van der Waals surface area contributed by atoms with Gasteiger partial charge in [-0.15, -0.1) is 0 Å². The van der Waals surface area contributed by atoms with Crippen LogP contribution in [0.4, 0.5) is 13.2 Å². The van der Waals surface area contributed by atoms with E-state index in [0.717, 1.165) is 18.8 Å². The Labute approximate surface area is 144 Å². The molecular formula is C18H21F3N2O2. The predicted molar refractivity (Wildman–Crippen MR) is 87.6 cm³/mol. The van der Waals surface area contributed by atoms with Crippen molar-refractivity contribution < 1.29 is 23.0 Å². The van der Waals surface area contributed by atoms with Crippen LogP contribution in [0.15, 0.2) is 18.2 Å². The lowest BCUT2D eigenvalue weighted by Gasteiger charge is -2.10. The SMILES string of the molecule is Oc1nc2cc(OCC(F)(F)F)ccc2nc1CCCCCC1CC1. The summed E-state index contributed by atoms with van der Waals surface area (Å²) in [5.41, 5.74) is 1.38. The first-order valence-electron chi connectivity index (χ1n) is 8.60. The number of hydrogen-bond acceptors (Lipinski definition) is 4. The molecule has 0 aliphatic heterocycles. The molecule has 0 saturated heterocycles. The molecule has 1 heterocycles. The molecule has 0 spiro atoms. The van der Waals surface area contributed by atoms with Gasteiger partial charge in [-0.2, -0.15) is 13.2 Å². The van der Waals surface area contributed by atoms with Gasteiger partial charge < -0.3 is 9.84 Å². The van der Waals surface area contributed by atoms with Crippen molar-refractivity contribution in [3.05, 3.63) is 23.9 Å². The molecular weight excluding hydrogens is 333 g/mol. The first-order valence-corrected chi connectivity index (χ1v) is 8.60. The zero-order valence-corrected chi connectivity index (χ0v) is 13.9. The number of halogens is 3. The number of fused-ring (bicyclic) bond motifs is 1. The van der Waals surface area contributed by atoms with Crippen LogP contribution in [-0.2, 0) is 6.42 Å². The minimum absolute atomic E-state index is 0.0475. The minimum Gasteiger partial charge on any atom is -0.492 e. The largest absolute Gasteiger partial charge is 0.492 e. The van der Waals surface area contributed by atoms with Gasteiger partial charge in [-0.3, -0.25) is 0 Å². The Morgan fingerprint density at radius 2 is 1.88 bits per heavy atom. The molecule has 0 radical (unpaired) electrons. The topological polar surface area (TPSA) is 55.2 Å². The fourth-order valence-corrected chi connectivity index (χ4v) is 2.79. The highest BCUT2D eigenvalue weighted by Gasteiger charge is 2.28. The molecule has 1 fully saturated rings. The molecule has 4 nitrogen and oxygen atoms in total. The Morgan fingerprint density at radius 3 is 2.60 bits per heavy atom. The molecule has 1 aromatic heterocycles. The maximum atomic E-state index is 12.2. The number of nitrogens with zero attached hydrogens (tertiary/aromatic N) is 2. The van der Waals surface area contributed by atoms with Gasteiger partial charge in [0.2, 0.25) is 5.88 Å². The van der Waals surface area contributed by atoms with Crippen molar-refractivity contribution in [2.75, 3.05) is 6.61 Å². The quantitative estimate of drug-likeness (QED) is 0.693. The lowest BCUT2D eigenvalue weighted by Crippen LogP contribution is -2.19. The predicted octanol–water partition coefficient (Wildman–Crippen LogP) is 4.79. The van der Waals surface area contributed by atoms with E-state index in [1.807, 2.05) is 0 Å². The third-order valence-electron chi connectivity index (χ3n) is 4.31. The van der Waals surface area contributed by atoms with Gasteiger partial charge in [-0.05, 0) is 30.9 Å². The second kappa shape index (κ2) is 7.45. The van der Waals surface area contributed by atoms with Crippen molar-refractivity contribution >= 4 is 11.0 Å². The highest BCUT2D eigenvalue weighted by atomic mass is 19.4. The third-order valence-corrected chi connectivity index (χ3v) is 4.31. The van der Waals surface area contributed by atoms with Gasteiger partial charge in [0, 0.05) is 6.07 Å². The van der Waals surface area contributed by atoms with Crippen LogP contribution in [0, 0.1) is 5.92 Å². The summed E-state index contributed by atoms with van der Waals surface area (Å²) < 4.78 is 41.3. The molecule has 0 bridgehead atoms. The number of rotatable bonds is 8. The fraction of sp³-hybridized carbons (Fsp3) is 0.556. The van der Waals surface area contributed by atoms with Crippen LogP contribution in [-0.4, -0.2) is 27.9 Å². The minimum atomic E-state index is -4.40. The van der Waals surface area contributed by atoms with Gasteiger partial charge in [-0.1, -0.05) is 32.1 Å².